The lowest BCUT2D eigenvalue weighted by atomic mass is 10.0. The van der Waals surface area contributed by atoms with Crippen LogP contribution in [0.15, 0.2) is 42.6 Å². The van der Waals surface area contributed by atoms with Crippen molar-refractivity contribution in [3.05, 3.63) is 65.4 Å². The summed E-state index contributed by atoms with van der Waals surface area (Å²) in [5, 5.41) is 17.5. The lowest BCUT2D eigenvalue weighted by Gasteiger charge is -2.29. The van der Waals surface area contributed by atoms with Gasteiger partial charge in [0.15, 0.2) is 0 Å². The van der Waals surface area contributed by atoms with Gasteiger partial charge in [0.1, 0.15) is 11.6 Å². The van der Waals surface area contributed by atoms with Crippen LogP contribution < -0.4 is 10.6 Å². The Morgan fingerprint density at radius 2 is 2.00 bits per heavy atom. The molecule has 1 aliphatic heterocycles. The Bertz CT molecular complexity index is 1440. The number of anilines is 1. The zero-order valence-electron chi connectivity index (χ0n) is 21.0. The minimum absolute atomic E-state index is 0.0860. The number of amides is 1. The van der Waals surface area contributed by atoms with Gasteiger partial charge in [-0.2, -0.15) is 0 Å². The van der Waals surface area contributed by atoms with Crippen molar-refractivity contribution in [3.8, 4) is 17.1 Å². The number of carbonyl (C=O) groups is 1. The fourth-order valence-corrected chi connectivity index (χ4v) is 4.47. The number of carbonyl (C=O) groups excluding carboxylic acids is 1. The predicted molar refractivity (Wildman–Crippen MR) is 140 cm³/mol. The summed E-state index contributed by atoms with van der Waals surface area (Å²) in [5.74, 6) is 0.893. The Labute approximate surface area is 210 Å². The van der Waals surface area contributed by atoms with Crippen LogP contribution in [-0.4, -0.2) is 61.6 Å². The molecule has 1 aliphatic rings. The van der Waals surface area contributed by atoms with Gasteiger partial charge in [0.25, 0.3) is 5.91 Å². The average molecular weight is 486 g/mol. The topological polar surface area (TPSA) is 108 Å². The maximum atomic E-state index is 13.7. The molecular formula is C27H31N7O2. The molecule has 1 saturated heterocycles. The summed E-state index contributed by atoms with van der Waals surface area (Å²) in [5.41, 5.74) is 5.21. The third kappa shape index (κ3) is 4.49. The maximum Gasteiger partial charge on any atom is 0.254 e. The first-order valence-corrected chi connectivity index (χ1v) is 12.2. The molecule has 0 atom stereocenters. The lowest BCUT2D eigenvalue weighted by molar-refractivity contribution is 0.0784. The second-order valence-corrected chi connectivity index (χ2v) is 9.33. The van der Waals surface area contributed by atoms with E-state index in [0.29, 0.717) is 40.4 Å². The van der Waals surface area contributed by atoms with Gasteiger partial charge in [-0.15, -0.1) is 0 Å². The van der Waals surface area contributed by atoms with Crippen molar-refractivity contribution in [1.82, 2.24) is 29.7 Å². The SMILES string of the molecule is CCc1ncc(CN(C)C(=O)c2cc(-c3ccc(NC4CNC4)c(C)n3)nc3ccc(O)cc23)n1C. The van der Waals surface area contributed by atoms with E-state index in [1.165, 1.54) is 0 Å². The molecule has 4 aromatic rings. The van der Waals surface area contributed by atoms with E-state index >= 15 is 0 Å². The summed E-state index contributed by atoms with van der Waals surface area (Å²) >= 11 is 0. The van der Waals surface area contributed by atoms with Crippen LogP contribution in [0.25, 0.3) is 22.3 Å². The molecule has 4 heterocycles. The van der Waals surface area contributed by atoms with Crippen LogP contribution >= 0.6 is 0 Å². The van der Waals surface area contributed by atoms with Gasteiger partial charge in [0, 0.05) is 39.0 Å². The molecule has 9 nitrogen and oxygen atoms in total. The van der Waals surface area contributed by atoms with Crippen LogP contribution in [0.1, 0.15) is 34.5 Å². The van der Waals surface area contributed by atoms with Gasteiger partial charge in [-0.25, -0.2) is 15.0 Å². The highest BCUT2D eigenvalue weighted by Crippen LogP contribution is 2.29. The molecule has 0 unspecified atom stereocenters. The Kier molecular flexibility index (Phi) is 6.32. The molecule has 5 rings (SSSR count). The third-order valence-electron chi connectivity index (χ3n) is 6.75. The number of phenols is 1. The Hall–Kier alpha value is -3.98. The molecule has 0 saturated carbocycles. The number of nitrogens with one attached hydrogen (secondary N) is 2. The quantitative estimate of drug-likeness (QED) is 0.369. The first-order chi connectivity index (χ1) is 17.3. The second-order valence-electron chi connectivity index (χ2n) is 9.33. The van der Waals surface area contributed by atoms with E-state index in [2.05, 4.69) is 22.5 Å². The number of hydrogen-bond donors (Lipinski definition) is 3. The van der Waals surface area contributed by atoms with E-state index in [1.54, 1.807) is 36.2 Å². The summed E-state index contributed by atoms with van der Waals surface area (Å²) in [7, 11) is 3.74. The van der Waals surface area contributed by atoms with Crippen molar-refractivity contribution >= 4 is 22.5 Å². The number of rotatable bonds is 7. The number of hydrogen-bond acceptors (Lipinski definition) is 7. The molecule has 0 bridgehead atoms. The third-order valence-corrected chi connectivity index (χ3v) is 6.75. The van der Waals surface area contributed by atoms with Gasteiger partial charge in [-0.1, -0.05) is 6.92 Å². The van der Waals surface area contributed by atoms with Crippen LogP contribution in [-0.2, 0) is 20.0 Å². The van der Waals surface area contributed by atoms with Crippen molar-refractivity contribution in [2.75, 3.05) is 25.5 Å². The molecule has 1 aromatic carbocycles. The van der Waals surface area contributed by atoms with Gasteiger partial charge in [-0.3, -0.25) is 4.79 Å². The summed E-state index contributed by atoms with van der Waals surface area (Å²) in [6.45, 7) is 6.32. The van der Waals surface area contributed by atoms with Crippen molar-refractivity contribution in [1.29, 1.82) is 0 Å². The van der Waals surface area contributed by atoms with Crippen LogP contribution in [0.2, 0.25) is 0 Å². The molecule has 3 N–H and O–H groups in total. The lowest BCUT2D eigenvalue weighted by Crippen LogP contribution is -2.51. The fraction of sp³-hybridized carbons (Fsp3) is 0.333. The number of aromatic hydroxyl groups is 1. The molecule has 186 valence electrons. The van der Waals surface area contributed by atoms with E-state index in [9.17, 15) is 9.90 Å². The number of nitrogens with zero attached hydrogens (tertiary/aromatic N) is 5. The normalized spacial score (nSPS) is 13.6. The van der Waals surface area contributed by atoms with E-state index in [1.807, 2.05) is 36.9 Å². The molecule has 0 aliphatic carbocycles. The Morgan fingerprint density at radius 1 is 1.19 bits per heavy atom. The first-order valence-electron chi connectivity index (χ1n) is 12.2. The highest BCUT2D eigenvalue weighted by Gasteiger charge is 2.21. The van der Waals surface area contributed by atoms with Gasteiger partial charge in [0.05, 0.1) is 58.3 Å². The van der Waals surface area contributed by atoms with E-state index < -0.39 is 0 Å². The number of aryl methyl sites for hydroxylation is 2. The van der Waals surface area contributed by atoms with Gasteiger partial charge >= 0.3 is 0 Å². The largest absolute Gasteiger partial charge is 0.508 e. The molecule has 1 amide bonds. The van der Waals surface area contributed by atoms with Crippen molar-refractivity contribution < 1.29 is 9.90 Å². The summed E-state index contributed by atoms with van der Waals surface area (Å²) in [6.07, 6.45) is 2.64. The van der Waals surface area contributed by atoms with Crippen LogP contribution in [0.3, 0.4) is 0 Å². The van der Waals surface area contributed by atoms with Crippen molar-refractivity contribution in [2.45, 2.75) is 32.9 Å². The van der Waals surface area contributed by atoms with E-state index in [0.717, 1.165) is 42.4 Å². The summed E-state index contributed by atoms with van der Waals surface area (Å²) < 4.78 is 2.02. The second kappa shape index (κ2) is 9.58. The van der Waals surface area contributed by atoms with Gasteiger partial charge in [-0.05, 0) is 43.3 Å². The summed E-state index contributed by atoms with van der Waals surface area (Å²) in [4.78, 5) is 29.3. The summed E-state index contributed by atoms with van der Waals surface area (Å²) in [6, 6.07) is 11.0. The Morgan fingerprint density at radius 3 is 2.67 bits per heavy atom. The molecule has 3 aromatic heterocycles. The molecule has 0 radical (unpaired) electrons. The van der Waals surface area contributed by atoms with Gasteiger partial charge < -0.3 is 25.2 Å². The molecular weight excluding hydrogens is 454 g/mol. The molecule has 1 fully saturated rings. The zero-order chi connectivity index (χ0) is 25.4. The van der Waals surface area contributed by atoms with Gasteiger partial charge in [0.2, 0.25) is 0 Å². The number of phenolic OH excluding ortho intramolecular Hbond substituents is 1. The smallest absolute Gasteiger partial charge is 0.254 e. The molecule has 0 spiro atoms. The first kappa shape index (κ1) is 23.7. The highest BCUT2D eigenvalue weighted by molar-refractivity contribution is 6.07. The standard InChI is InChI=1S/C27H31N7O2/c1-5-26-29-14-18(34(26)4)15-33(3)27(36)21-11-25(32-23-7-6-19(35)10-20(21)23)24-9-8-22(16(2)30-24)31-17-12-28-13-17/h6-11,14,17,28,31,35H,5,12-13,15H2,1-4H3. The van der Waals surface area contributed by atoms with Crippen LogP contribution in [0.4, 0.5) is 5.69 Å². The maximum absolute atomic E-state index is 13.7. The molecule has 36 heavy (non-hydrogen) atoms. The average Bonchev–Trinajstić information content (AvgIpc) is 3.19. The van der Waals surface area contributed by atoms with E-state index in [4.69, 9.17) is 9.97 Å². The number of benzene rings is 1. The van der Waals surface area contributed by atoms with Crippen LogP contribution in [0.5, 0.6) is 5.75 Å². The monoisotopic (exact) mass is 485 g/mol. The predicted octanol–water partition coefficient (Wildman–Crippen LogP) is 3.26. The number of imidazole rings is 1. The minimum atomic E-state index is -0.166. The fourth-order valence-electron chi connectivity index (χ4n) is 4.47. The van der Waals surface area contributed by atoms with Crippen LogP contribution in [0, 0.1) is 6.92 Å². The van der Waals surface area contributed by atoms with E-state index in [-0.39, 0.29) is 11.7 Å². The van der Waals surface area contributed by atoms with Crippen molar-refractivity contribution in [2.24, 2.45) is 7.05 Å². The zero-order valence-corrected chi connectivity index (χ0v) is 21.0. The van der Waals surface area contributed by atoms with Crippen molar-refractivity contribution in [3.63, 3.8) is 0 Å². The number of pyridine rings is 2. The molecule has 9 heteroatoms. The number of aromatic nitrogens is 4. The number of fused-ring (bicyclic) bond motifs is 1. The minimum Gasteiger partial charge on any atom is -0.508 e. The Balaban J connectivity index is 1.50. The highest BCUT2D eigenvalue weighted by atomic mass is 16.3.